The van der Waals surface area contributed by atoms with Crippen LogP contribution in [0.2, 0.25) is 0 Å². The Morgan fingerprint density at radius 2 is 1.74 bits per heavy atom. The summed E-state index contributed by atoms with van der Waals surface area (Å²) in [7, 11) is 0. The van der Waals surface area contributed by atoms with Crippen molar-refractivity contribution in [2.75, 3.05) is 6.61 Å². The molecule has 4 aliphatic carbocycles. The third-order valence-electron chi connectivity index (χ3n) is 11.0. The summed E-state index contributed by atoms with van der Waals surface area (Å²) in [5.74, 6) is 1.09. The normalized spacial score (nSPS) is 45.9. The molecular formula is C29H48O5. The largest absolute Gasteiger partial charge is 0.396 e. The number of fused-ring (bicyclic) bond motifs is 5. The molecule has 3 saturated carbocycles. The predicted octanol–water partition coefficient (Wildman–Crippen LogP) is 4.12. The summed E-state index contributed by atoms with van der Waals surface area (Å²) in [4.78, 5) is 13.5. The van der Waals surface area contributed by atoms with Gasteiger partial charge in [0.2, 0.25) is 0 Å². The first-order valence-electron chi connectivity index (χ1n) is 13.8. The van der Waals surface area contributed by atoms with E-state index in [-0.39, 0.29) is 46.9 Å². The number of aliphatic hydroxyl groups excluding tert-OH is 4. The molecule has 34 heavy (non-hydrogen) atoms. The van der Waals surface area contributed by atoms with Crippen LogP contribution in [0.1, 0.15) is 86.0 Å². The minimum atomic E-state index is -0.572. The van der Waals surface area contributed by atoms with Crippen LogP contribution in [0.3, 0.4) is 0 Å². The molecule has 5 heteroatoms. The van der Waals surface area contributed by atoms with Crippen LogP contribution in [-0.4, -0.2) is 51.1 Å². The number of rotatable bonds is 7. The minimum absolute atomic E-state index is 0.0525. The standard InChI is InChI=1S/C29H48O5/c1-16(2)18(9-11-30)7-6-17(3)21-14-23(33)26-25-22(32)13-19-12-20(31)8-10-28(19,4)27(25)24(34)15-29(21,26)5/h13,16-18,20-21,23-27,30-31,33-34H,6-12,14-15H2,1-5H3. The molecule has 4 rings (SSSR count). The average Bonchev–Trinajstić information content (AvgIpc) is 3.01. The second kappa shape index (κ2) is 9.61. The second-order valence-corrected chi connectivity index (χ2v) is 13.2. The smallest absolute Gasteiger partial charge is 0.159 e. The van der Waals surface area contributed by atoms with Crippen LogP contribution in [0, 0.1) is 52.3 Å². The highest BCUT2D eigenvalue weighted by Crippen LogP contribution is 2.66. The molecule has 194 valence electrons. The molecule has 0 aliphatic heterocycles. The van der Waals surface area contributed by atoms with E-state index >= 15 is 0 Å². The van der Waals surface area contributed by atoms with Crippen molar-refractivity contribution in [2.45, 2.75) is 104 Å². The number of aliphatic hydroxyl groups is 4. The van der Waals surface area contributed by atoms with Crippen molar-refractivity contribution >= 4 is 5.78 Å². The molecule has 0 saturated heterocycles. The van der Waals surface area contributed by atoms with Gasteiger partial charge in [0.15, 0.2) is 5.78 Å². The van der Waals surface area contributed by atoms with Gasteiger partial charge in [-0.25, -0.2) is 0 Å². The third kappa shape index (κ3) is 4.23. The quantitative estimate of drug-likeness (QED) is 0.443. The van der Waals surface area contributed by atoms with Gasteiger partial charge in [-0.1, -0.05) is 46.6 Å². The lowest BCUT2D eigenvalue weighted by atomic mass is 9.45. The Hall–Kier alpha value is -0.750. The van der Waals surface area contributed by atoms with E-state index in [0.29, 0.717) is 43.4 Å². The number of hydrogen-bond acceptors (Lipinski definition) is 5. The van der Waals surface area contributed by atoms with E-state index < -0.39 is 18.3 Å². The first-order chi connectivity index (χ1) is 15.9. The van der Waals surface area contributed by atoms with Crippen molar-refractivity contribution in [3.63, 3.8) is 0 Å². The Morgan fingerprint density at radius 1 is 1.03 bits per heavy atom. The Bertz CT molecular complexity index is 791. The van der Waals surface area contributed by atoms with Gasteiger partial charge in [-0.05, 0) is 85.5 Å². The lowest BCUT2D eigenvalue weighted by Gasteiger charge is -2.59. The van der Waals surface area contributed by atoms with Crippen LogP contribution < -0.4 is 0 Å². The van der Waals surface area contributed by atoms with E-state index in [9.17, 15) is 25.2 Å². The van der Waals surface area contributed by atoms with E-state index in [1.54, 1.807) is 6.08 Å². The molecule has 0 radical (unpaired) electrons. The minimum Gasteiger partial charge on any atom is -0.396 e. The molecule has 0 aromatic rings. The molecule has 0 heterocycles. The Kier molecular flexibility index (Phi) is 7.44. The molecule has 11 atom stereocenters. The molecule has 0 aromatic heterocycles. The molecule has 0 amide bonds. The molecular weight excluding hydrogens is 428 g/mol. The molecule has 0 aromatic carbocycles. The first-order valence-corrected chi connectivity index (χ1v) is 13.8. The molecule has 0 bridgehead atoms. The summed E-state index contributed by atoms with van der Waals surface area (Å²) < 4.78 is 0. The SMILES string of the molecule is CC(C)C(CCO)CCC(C)C1CC(O)C2C3C(=O)C=C4CC(O)CCC4(C)C3C(O)CC12C. The number of carbonyl (C=O) groups is 1. The maximum Gasteiger partial charge on any atom is 0.159 e. The van der Waals surface area contributed by atoms with Gasteiger partial charge in [0.1, 0.15) is 0 Å². The van der Waals surface area contributed by atoms with Crippen molar-refractivity contribution in [3.05, 3.63) is 11.6 Å². The number of hydrogen-bond donors (Lipinski definition) is 4. The molecule has 3 fully saturated rings. The maximum absolute atomic E-state index is 13.5. The fraction of sp³-hybridized carbons (Fsp3) is 0.897. The van der Waals surface area contributed by atoms with Gasteiger partial charge >= 0.3 is 0 Å². The van der Waals surface area contributed by atoms with E-state index in [2.05, 4.69) is 34.6 Å². The van der Waals surface area contributed by atoms with E-state index in [1.807, 2.05) is 0 Å². The molecule has 4 N–H and O–H groups in total. The van der Waals surface area contributed by atoms with Gasteiger partial charge in [0.05, 0.1) is 18.3 Å². The summed E-state index contributed by atoms with van der Waals surface area (Å²) >= 11 is 0. The fourth-order valence-electron chi connectivity index (χ4n) is 9.14. The highest BCUT2D eigenvalue weighted by atomic mass is 16.3. The molecule has 4 aliphatic rings. The number of ketones is 1. The van der Waals surface area contributed by atoms with E-state index in [4.69, 9.17) is 0 Å². The van der Waals surface area contributed by atoms with Gasteiger partial charge in [-0.2, -0.15) is 0 Å². The van der Waals surface area contributed by atoms with Crippen molar-refractivity contribution in [2.24, 2.45) is 52.3 Å². The Morgan fingerprint density at radius 3 is 2.38 bits per heavy atom. The monoisotopic (exact) mass is 476 g/mol. The Balaban J connectivity index is 1.59. The summed E-state index contributed by atoms with van der Waals surface area (Å²) in [5, 5.41) is 42.7. The first kappa shape index (κ1) is 26.3. The lowest BCUT2D eigenvalue weighted by molar-refractivity contribution is -0.161. The van der Waals surface area contributed by atoms with E-state index in [1.165, 1.54) is 0 Å². The van der Waals surface area contributed by atoms with Crippen molar-refractivity contribution < 1.29 is 25.2 Å². The van der Waals surface area contributed by atoms with Gasteiger partial charge in [-0.3, -0.25) is 4.79 Å². The summed E-state index contributed by atoms with van der Waals surface area (Å²) in [5.41, 5.74) is 0.452. The van der Waals surface area contributed by atoms with Gasteiger partial charge < -0.3 is 20.4 Å². The van der Waals surface area contributed by atoms with Gasteiger partial charge in [0.25, 0.3) is 0 Å². The van der Waals surface area contributed by atoms with Crippen LogP contribution >= 0.6 is 0 Å². The zero-order chi connectivity index (χ0) is 25.0. The van der Waals surface area contributed by atoms with Crippen LogP contribution in [0.25, 0.3) is 0 Å². The average molecular weight is 477 g/mol. The van der Waals surface area contributed by atoms with Gasteiger partial charge in [0, 0.05) is 24.4 Å². The van der Waals surface area contributed by atoms with Crippen molar-refractivity contribution in [1.82, 2.24) is 0 Å². The molecule has 11 unspecified atom stereocenters. The molecule has 0 spiro atoms. The highest BCUT2D eigenvalue weighted by molar-refractivity contribution is 5.94. The number of carbonyl (C=O) groups excluding carboxylic acids is 1. The van der Waals surface area contributed by atoms with Crippen LogP contribution in [-0.2, 0) is 4.79 Å². The maximum atomic E-state index is 13.5. The summed E-state index contributed by atoms with van der Waals surface area (Å²) in [6.07, 6.45) is 6.54. The van der Waals surface area contributed by atoms with Crippen LogP contribution in [0.5, 0.6) is 0 Å². The van der Waals surface area contributed by atoms with Crippen LogP contribution in [0.4, 0.5) is 0 Å². The zero-order valence-corrected chi connectivity index (χ0v) is 21.9. The fourth-order valence-corrected chi connectivity index (χ4v) is 9.14. The molecule has 5 nitrogen and oxygen atoms in total. The highest BCUT2D eigenvalue weighted by Gasteiger charge is 2.66. The zero-order valence-electron chi connectivity index (χ0n) is 21.9. The third-order valence-corrected chi connectivity index (χ3v) is 11.0. The Labute approximate surface area is 206 Å². The predicted molar refractivity (Wildman–Crippen MR) is 133 cm³/mol. The van der Waals surface area contributed by atoms with Gasteiger partial charge in [-0.15, -0.1) is 0 Å². The number of allylic oxidation sites excluding steroid dienone is 1. The van der Waals surface area contributed by atoms with E-state index in [0.717, 1.165) is 31.3 Å². The second-order valence-electron chi connectivity index (χ2n) is 13.2. The lowest BCUT2D eigenvalue weighted by Crippen LogP contribution is -2.60. The summed E-state index contributed by atoms with van der Waals surface area (Å²) in [6, 6.07) is 0. The van der Waals surface area contributed by atoms with Crippen molar-refractivity contribution in [3.8, 4) is 0 Å². The van der Waals surface area contributed by atoms with Crippen LogP contribution in [0.15, 0.2) is 11.6 Å². The summed E-state index contributed by atoms with van der Waals surface area (Å²) in [6.45, 7) is 11.4. The van der Waals surface area contributed by atoms with Crippen molar-refractivity contribution in [1.29, 1.82) is 0 Å². The topological polar surface area (TPSA) is 98.0 Å².